The molecule has 5 nitrogen and oxygen atoms in total. The van der Waals surface area contributed by atoms with Gasteiger partial charge in [-0.3, -0.25) is 9.59 Å². The SMILES string of the molecule is CC1CN(C(=O)c2ccc(NC(=O)C(C)(C)C)nc2)C1. The fourth-order valence-electron chi connectivity index (χ4n) is 1.95. The highest BCUT2D eigenvalue weighted by Gasteiger charge is 2.28. The van der Waals surface area contributed by atoms with Gasteiger partial charge in [-0.15, -0.1) is 0 Å². The lowest BCUT2D eigenvalue weighted by Gasteiger charge is -2.37. The molecule has 20 heavy (non-hydrogen) atoms. The molecule has 0 spiro atoms. The van der Waals surface area contributed by atoms with Crippen molar-refractivity contribution in [3.8, 4) is 0 Å². The Hall–Kier alpha value is -1.91. The van der Waals surface area contributed by atoms with E-state index in [0.29, 0.717) is 17.3 Å². The van der Waals surface area contributed by atoms with E-state index in [1.54, 1.807) is 17.0 Å². The molecule has 0 aromatic carbocycles. The van der Waals surface area contributed by atoms with Gasteiger partial charge in [0.2, 0.25) is 5.91 Å². The van der Waals surface area contributed by atoms with Crippen LogP contribution in [0, 0.1) is 11.3 Å². The normalized spacial score (nSPS) is 15.7. The first kappa shape index (κ1) is 14.5. The van der Waals surface area contributed by atoms with Crippen LogP contribution in [0.25, 0.3) is 0 Å². The van der Waals surface area contributed by atoms with Crippen LogP contribution in [0.1, 0.15) is 38.1 Å². The molecule has 1 aromatic rings. The Balaban J connectivity index is 2.00. The highest BCUT2D eigenvalue weighted by molar-refractivity contribution is 5.96. The molecule has 2 amide bonds. The molecule has 2 rings (SSSR count). The molecule has 0 radical (unpaired) electrons. The number of aromatic nitrogens is 1. The largest absolute Gasteiger partial charge is 0.338 e. The fourth-order valence-corrected chi connectivity index (χ4v) is 1.95. The van der Waals surface area contributed by atoms with E-state index in [4.69, 9.17) is 0 Å². The first-order chi connectivity index (χ1) is 9.27. The minimum atomic E-state index is -0.468. The number of hydrogen-bond acceptors (Lipinski definition) is 3. The van der Waals surface area contributed by atoms with Crippen LogP contribution >= 0.6 is 0 Å². The zero-order chi connectivity index (χ0) is 14.9. The molecule has 1 aliphatic heterocycles. The highest BCUT2D eigenvalue weighted by Crippen LogP contribution is 2.19. The number of anilines is 1. The van der Waals surface area contributed by atoms with E-state index in [1.807, 2.05) is 20.8 Å². The first-order valence-electron chi connectivity index (χ1n) is 6.84. The number of carbonyl (C=O) groups is 2. The molecule has 0 atom stereocenters. The van der Waals surface area contributed by atoms with E-state index in [0.717, 1.165) is 13.1 Å². The maximum Gasteiger partial charge on any atom is 0.255 e. The van der Waals surface area contributed by atoms with Gasteiger partial charge in [0, 0.05) is 24.7 Å². The summed E-state index contributed by atoms with van der Waals surface area (Å²) < 4.78 is 0. The van der Waals surface area contributed by atoms with Crippen LogP contribution in [0.2, 0.25) is 0 Å². The van der Waals surface area contributed by atoms with Gasteiger partial charge in [-0.05, 0) is 18.1 Å². The van der Waals surface area contributed by atoms with Gasteiger partial charge in [0.1, 0.15) is 5.82 Å². The number of rotatable bonds is 2. The van der Waals surface area contributed by atoms with E-state index >= 15 is 0 Å². The molecule has 0 saturated carbocycles. The van der Waals surface area contributed by atoms with Crippen molar-refractivity contribution >= 4 is 17.6 Å². The van der Waals surface area contributed by atoms with Gasteiger partial charge in [0.25, 0.3) is 5.91 Å². The molecular formula is C15H21N3O2. The molecular weight excluding hydrogens is 254 g/mol. The minimum absolute atomic E-state index is 0.00398. The number of nitrogens with one attached hydrogen (secondary N) is 1. The van der Waals surface area contributed by atoms with Crippen LogP contribution in [0.4, 0.5) is 5.82 Å². The third-order valence-corrected chi connectivity index (χ3v) is 3.28. The molecule has 1 N–H and O–H groups in total. The van der Waals surface area contributed by atoms with Gasteiger partial charge in [0.15, 0.2) is 0 Å². The molecule has 0 bridgehead atoms. The summed E-state index contributed by atoms with van der Waals surface area (Å²) in [5.41, 5.74) is 0.0925. The Morgan fingerprint density at radius 2 is 1.95 bits per heavy atom. The molecule has 2 heterocycles. The van der Waals surface area contributed by atoms with Crippen molar-refractivity contribution in [1.82, 2.24) is 9.88 Å². The van der Waals surface area contributed by atoms with E-state index in [2.05, 4.69) is 17.2 Å². The third-order valence-electron chi connectivity index (χ3n) is 3.28. The summed E-state index contributed by atoms with van der Waals surface area (Å²) in [5, 5.41) is 2.74. The number of nitrogens with zero attached hydrogens (tertiary/aromatic N) is 2. The van der Waals surface area contributed by atoms with Crippen molar-refractivity contribution < 1.29 is 9.59 Å². The Kier molecular flexibility index (Phi) is 3.79. The lowest BCUT2D eigenvalue weighted by molar-refractivity contribution is -0.123. The number of amides is 2. The van der Waals surface area contributed by atoms with Crippen molar-refractivity contribution in [2.24, 2.45) is 11.3 Å². The number of pyridine rings is 1. The molecule has 5 heteroatoms. The second-order valence-corrected chi connectivity index (χ2v) is 6.45. The second-order valence-electron chi connectivity index (χ2n) is 6.45. The average Bonchev–Trinajstić information content (AvgIpc) is 2.34. The van der Waals surface area contributed by atoms with Crippen LogP contribution < -0.4 is 5.32 Å². The van der Waals surface area contributed by atoms with E-state index in [-0.39, 0.29) is 11.8 Å². The zero-order valence-corrected chi connectivity index (χ0v) is 12.4. The monoisotopic (exact) mass is 275 g/mol. The number of likely N-dealkylation sites (tertiary alicyclic amines) is 1. The molecule has 1 aliphatic rings. The highest BCUT2D eigenvalue weighted by atomic mass is 16.2. The Morgan fingerprint density at radius 3 is 2.40 bits per heavy atom. The molecule has 0 unspecified atom stereocenters. The standard InChI is InChI=1S/C15H21N3O2/c1-10-8-18(9-10)13(19)11-5-6-12(16-7-11)17-14(20)15(2,3)4/h5-7,10H,8-9H2,1-4H3,(H,16,17,20). The molecule has 1 fully saturated rings. The lowest BCUT2D eigenvalue weighted by Crippen LogP contribution is -2.48. The molecule has 1 aromatic heterocycles. The van der Waals surface area contributed by atoms with Gasteiger partial charge in [-0.2, -0.15) is 0 Å². The van der Waals surface area contributed by atoms with Gasteiger partial charge in [-0.1, -0.05) is 27.7 Å². The van der Waals surface area contributed by atoms with Crippen LogP contribution in [-0.4, -0.2) is 34.8 Å². The average molecular weight is 275 g/mol. The smallest absolute Gasteiger partial charge is 0.255 e. The van der Waals surface area contributed by atoms with E-state index in [1.165, 1.54) is 6.20 Å². The predicted molar refractivity (Wildman–Crippen MR) is 77.4 cm³/mol. The number of carbonyl (C=O) groups excluding carboxylic acids is 2. The van der Waals surface area contributed by atoms with Gasteiger partial charge < -0.3 is 10.2 Å². The van der Waals surface area contributed by atoms with Crippen molar-refractivity contribution in [3.05, 3.63) is 23.9 Å². The van der Waals surface area contributed by atoms with Gasteiger partial charge in [-0.25, -0.2) is 4.98 Å². The first-order valence-corrected chi connectivity index (χ1v) is 6.84. The van der Waals surface area contributed by atoms with Crippen molar-refractivity contribution in [2.75, 3.05) is 18.4 Å². The summed E-state index contributed by atoms with van der Waals surface area (Å²) in [6.45, 7) is 9.25. The van der Waals surface area contributed by atoms with Crippen molar-refractivity contribution in [1.29, 1.82) is 0 Å². The number of hydrogen-bond donors (Lipinski definition) is 1. The van der Waals surface area contributed by atoms with Crippen LogP contribution in [-0.2, 0) is 4.79 Å². The third kappa shape index (κ3) is 3.15. The zero-order valence-electron chi connectivity index (χ0n) is 12.4. The Labute approximate surface area is 119 Å². The maximum atomic E-state index is 12.1. The minimum Gasteiger partial charge on any atom is -0.338 e. The summed E-state index contributed by atoms with van der Waals surface area (Å²) in [6, 6.07) is 3.37. The quantitative estimate of drug-likeness (QED) is 0.899. The topological polar surface area (TPSA) is 62.3 Å². The lowest BCUT2D eigenvalue weighted by atomic mass is 9.96. The molecule has 1 saturated heterocycles. The summed E-state index contributed by atoms with van der Waals surface area (Å²) in [4.78, 5) is 29.8. The fraction of sp³-hybridized carbons (Fsp3) is 0.533. The van der Waals surface area contributed by atoms with Gasteiger partial charge in [0.05, 0.1) is 5.56 Å². The van der Waals surface area contributed by atoms with Crippen LogP contribution in [0.15, 0.2) is 18.3 Å². The van der Waals surface area contributed by atoms with Crippen LogP contribution in [0.5, 0.6) is 0 Å². The van der Waals surface area contributed by atoms with Crippen molar-refractivity contribution in [3.63, 3.8) is 0 Å². The second kappa shape index (κ2) is 5.23. The molecule has 0 aliphatic carbocycles. The van der Waals surface area contributed by atoms with Crippen molar-refractivity contribution in [2.45, 2.75) is 27.7 Å². The maximum absolute atomic E-state index is 12.1. The summed E-state index contributed by atoms with van der Waals surface area (Å²) >= 11 is 0. The van der Waals surface area contributed by atoms with Crippen LogP contribution in [0.3, 0.4) is 0 Å². The Bertz CT molecular complexity index is 511. The van der Waals surface area contributed by atoms with Gasteiger partial charge >= 0.3 is 0 Å². The van der Waals surface area contributed by atoms with E-state index < -0.39 is 5.41 Å². The summed E-state index contributed by atoms with van der Waals surface area (Å²) in [7, 11) is 0. The Morgan fingerprint density at radius 1 is 1.30 bits per heavy atom. The molecule has 108 valence electrons. The van der Waals surface area contributed by atoms with E-state index in [9.17, 15) is 9.59 Å². The summed E-state index contributed by atoms with van der Waals surface area (Å²) in [5.74, 6) is 0.959. The predicted octanol–water partition coefficient (Wildman–Crippen LogP) is 2.16. The summed E-state index contributed by atoms with van der Waals surface area (Å²) in [6.07, 6.45) is 1.52.